The van der Waals surface area contributed by atoms with Crippen LogP contribution in [0.25, 0.3) is 0 Å². The van der Waals surface area contributed by atoms with Crippen molar-refractivity contribution in [2.24, 2.45) is 11.7 Å². The van der Waals surface area contributed by atoms with Gasteiger partial charge in [0.05, 0.1) is 5.92 Å². The van der Waals surface area contributed by atoms with Crippen LogP contribution in [-0.2, 0) is 11.3 Å². The fourth-order valence-electron chi connectivity index (χ4n) is 3.91. The number of piperazine rings is 1. The smallest absolute Gasteiger partial charge is 0.253 e. The third-order valence-corrected chi connectivity index (χ3v) is 5.73. The molecule has 1 aromatic rings. The maximum Gasteiger partial charge on any atom is 0.253 e. The summed E-state index contributed by atoms with van der Waals surface area (Å²) in [5, 5.41) is 2.84. The Morgan fingerprint density at radius 1 is 1.07 bits per heavy atom. The molecule has 0 aliphatic carbocycles. The summed E-state index contributed by atoms with van der Waals surface area (Å²) >= 11 is 0. The summed E-state index contributed by atoms with van der Waals surface area (Å²) in [5.41, 5.74) is 7.38. The average Bonchev–Trinajstić information content (AvgIpc) is 2.74. The van der Waals surface area contributed by atoms with Gasteiger partial charge >= 0.3 is 0 Å². The molecule has 0 radical (unpaired) electrons. The zero-order valence-electron chi connectivity index (χ0n) is 17.7. The molecule has 3 N–H and O–H groups in total. The van der Waals surface area contributed by atoms with Gasteiger partial charge in [0.1, 0.15) is 0 Å². The molecule has 0 saturated carbocycles. The second-order valence-corrected chi connectivity index (χ2v) is 7.95. The molecule has 1 atom stereocenters. The van der Waals surface area contributed by atoms with Crippen LogP contribution >= 0.6 is 24.8 Å². The fourth-order valence-corrected chi connectivity index (χ4v) is 3.91. The molecule has 2 aliphatic rings. The average molecular weight is 460 g/mol. The van der Waals surface area contributed by atoms with Crippen molar-refractivity contribution in [3.05, 3.63) is 35.4 Å². The molecule has 2 amide bonds. The lowest BCUT2D eigenvalue weighted by atomic mass is 9.96. The lowest BCUT2D eigenvalue weighted by Crippen LogP contribution is -2.46. The number of piperidine rings is 1. The third kappa shape index (κ3) is 7.39. The SMILES string of the molecule is CN1CCN(Cc2ccc(C(=O)N3CCCC(C(=O)NCCN)C3)cc2)CC1.Cl.Cl. The number of likely N-dealkylation sites (tertiary alicyclic amines) is 1. The molecule has 2 saturated heterocycles. The number of rotatable bonds is 6. The highest BCUT2D eigenvalue weighted by molar-refractivity contribution is 5.94. The second kappa shape index (κ2) is 13.1. The van der Waals surface area contributed by atoms with Crippen LogP contribution in [0.4, 0.5) is 0 Å². The van der Waals surface area contributed by atoms with E-state index in [-0.39, 0.29) is 42.5 Å². The van der Waals surface area contributed by atoms with Crippen molar-refractivity contribution < 1.29 is 9.59 Å². The Labute approximate surface area is 192 Å². The molecule has 3 rings (SSSR count). The van der Waals surface area contributed by atoms with Gasteiger partial charge in [0.15, 0.2) is 0 Å². The Kier molecular flexibility index (Phi) is 11.7. The lowest BCUT2D eigenvalue weighted by Gasteiger charge is -2.33. The summed E-state index contributed by atoms with van der Waals surface area (Å²) in [6.45, 7) is 7.41. The summed E-state index contributed by atoms with van der Waals surface area (Å²) in [6.07, 6.45) is 1.68. The van der Waals surface area contributed by atoms with Crippen LogP contribution in [0.3, 0.4) is 0 Å². The number of carbonyl (C=O) groups excluding carboxylic acids is 2. The zero-order valence-corrected chi connectivity index (χ0v) is 19.3. The number of benzene rings is 1. The highest BCUT2D eigenvalue weighted by Crippen LogP contribution is 2.19. The molecule has 0 bridgehead atoms. The number of nitrogens with zero attached hydrogens (tertiary/aromatic N) is 3. The van der Waals surface area contributed by atoms with Crippen molar-refractivity contribution in [2.45, 2.75) is 19.4 Å². The zero-order chi connectivity index (χ0) is 19.9. The highest BCUT2D eigenvalue weighted by Gasteiger charge is 2.28. The first kappa shape index (κ1) is 26.7. The van der Waals surface area contributed by atoms with Crippen LogP contribution in [0.1, 0.15) is 28.8 Å². The van der Waals surface area contributed by atoms with Gasteiger partial charge in [0, 0.05) is 64.5 Å². The van der Waals surface area contributed by atoms with E-state index < -0.39 is 0 Å². The topological polar surface area (TPSA) is 81.9 Å². The van der Waals surface area contributed by atoms with E-state index in [4.69, 9.17) is 5.73 Å². The molecule has 2 aliphatic heterocycles. The van der Waals surface area contributed by atoms with Crippen LogP contribution in [0.5, 0.6) is 0 Å². The number of amides is 2. The minimum atomic E-state index is -0.138. The fraction of sp³-hybridized carbons (Fsp3) is 0.619. The van der Waals surface area contributed by atoms with Gasteiger partial charge in [-0.2, -0.15) is 0 Å². The third-order valence-electron chi connectivity index (χ3n) is 5.73. The van der Waals surface area contributed by atoms with Crippen LogP contribution in [0, 0.1) is 5.92 Å². The Morgan fingerprint density at radius 2 is 1.73 bits per heavy atom. The molecule has 0 aromatic heterocycles. The first-order chi connectivity index (χ1) is 13.6. The molecule has 9 heteroatoms. The van der Waals surface area contributed by atoms with Crippen LogP contribution in [0.15, 0.2) is 24.3 Å². The Bertz CT molecular complexity index is 666. The quantitative estimate of drug-likeness (QED) is 0.667. The number of nitrogens with two attached hydrogens (primary N) is 1. The van der Waals surface area contributed by atoms with E-state index in [1.165, 1.54) is 5.56 Å². The number of hydrogen-bond donors (Lipinski definition) is 2. The highest BCUT2D eigenvalue weighted by atomic mass is 35.5. The second-order valence-electron chi connectivity index (χ2n) is 7.95. The predicted octanol–water partition coefficient (Wildman–Crippen LogP) is 1.20. The Hall–Kier alpha value is -1.38. The molecule has 2 heterocycles. The first-order valence-corrected chi connectivity index (χ1v) is 10.3. The maximum atomic E-state index is 12.9. The van der Waals surface area contributed by atoms with Crippen LogP contribution in [-0.4, -0.2) is 85.9 Å². The number of likely N-dealkylation sites (N-methyl/N-ethyl adjacent to an activating group) is 1. The van der Waals surface area contributed by atoms with Crippen molar-refractivity contribution in [2.75, 3.05) is 59.4 Å². The van der Waals surface area contributed by atoms with E-state index in [2.05, 4.69) is 34.3 Å². The van der Waals surface area contributed by atoms with E-state index in [9.17, 15) is 9.59 Å². The van der Waals surface area contributed by atoms with Gasteiger partial charge in [-0.25, -0.2) is 0 Å². The first-order valence-electron chi connectivity index (χ1n) is 10.3. The van der Waals surface area contributed by atoms with Gasteiger partial charge in [-0.1, -0.05) is 12.1 Å². The molecule has 2 fully saturated rings. The summed E-state index contributed by atoms with van der Waals surface area (Å²) in [6, 6.07) is 7.96. The normalized spacial score (nSPS) is 20.1. The largest absolute Gasteiger partial charge is 0.355 e. The van der Waals surface area contributed by atoms with Gasteiger partial charge in [-0.3, -0.25) is 14.5 Å². The minimum Gasteiger partial charge on any atom is -0.355 e. The van der Waals surface area contributed by atoms with Crippen molar-refractivity contribution in [1.29, 1.82) is 0 Å². The Morgan fingerprint density at radius 3 is 2.37 bits per heavy atom. The van der Waals surface area contributed by atoms with E-state index >= 15 is 0 Å². The van der Waals surface area contributed by atoms with Crippen LogP contribution in [0.2, 0.25) is 0 Å². The van der Waals surface area contributed by atoms with Crippen molar-refractivity contribution in [1.82, 2.24) is 20.0 Å². The summed E-state index contributed by atoms with van der Waals surface area (Å²) in [5.74, 6) is -0.117. The minimum absolute atomic E-state index is 0. The number of halogens is 2. The van der Waals surface area contributed by atoms with Gasteiger partial charge in [0.2, 0.25) is 5.91 Å². The van der Waals surface area contributed by atoms with Gasteiger partial charge in [-0.05, 0) is 37.6 Å². The van der Waals surface area contributed by atoms with E-state index in [1.807, 2.05) is 17.0 Å². The van der Waals surface area contributed by atoms with E-state index in [1.54, 1.807) is 0 Å². The van der Waals surface area contributed by atoms with Gasteiger partial charge in [-0.15, -0.1) is 24.8 Å². The molecular weight excluding hydrogens is 425 g/mol. The standard InChI is InChI=1S/C21H33N5O2.2ClH/c1-24-11-13-25(14-12-24)15-17-4-6-18(7-5-17)21(28)26-10-2-3-19(16-26)20(27)23-9-8-22;;/h4-7,19H,2-3,8-16,22H2,1H3,(H,23,27);2*1H. The van der Waals surface area contributed by atoms with E-state index in [0.717, 1.165) is 45.6 Å². The van der Waals surface area contributed by atoms with E-state index in [0.29, 0.717) is 31.7 Å². The Balaban J connectivity index is 0.00000225. The molecule has 7 nitrogen and oxygen atoms in total. The lowest BCUT2D eigenvalue weighted by molar-refractivity contribution is -0.126. The van der Waals surface area contributed by atoms with Crippen molar-refractivity contribution in [3.8, 4) is 0 Å². The molecule has 30 heavy (non-hydrogen) atoms. The van der Waals surface area contributed by atoms with Crippen LogP contribution < -0.4 is 11.1 Å². The predicted molar refractivity (Wildman–Crippen MR) is 124 cm³/mol. The molecule has 0 spiro atoms. The van der Waals surface area contributed by atoms with Gasteiger partial charge < -0.3 is 20.9 Å². The van der Waals surface area contributed by atoms with Gasteiger partial charge in [0.25, 0.3) is 5.91 Å². The monoisotopic (exact) mass is 459 g/mol. The molecule has 1 aromatic carbocycles. The number of hydrogen-bond acceptors (Lipinski definition) is 5. The summed E-state index contributed by atoms with van der Waals surface area (Å²) < 4.78 is 0. The molecular formula is C21H35Cl2N5O2. The molecule has 1 unspecified atom stereocenters. The number of nitrogens with one attached hydrogen (secondary N) is 1. The summed E-state index contributed by atoms with van der Waals surface area (Å²) in [4.78, 5) is 31.7. The summed E-state index contributed by atoms with van der Waals surface area (Å²) in [7, 11) is 2.16. The maximum absolute atomic E-state index is 12.9. The molecule has 170 valence electrons. The number of carbonyl (C=O) groups is 2. The van der Waals surface area contributed by atoms with Crippen molar-refractivity contribution >= 4 is 36.6 Å². The van der Waals surface area contributed by atoms with Crippen molar-refractivity contribution in [3.63, 3.8) is 0 Å².